The molecule has 1 aromatic carbocycles. The molecule has 7 heteroatoms. The summed E-state index contributed by atoms with van der Waals surface area (Å²) in [6.45, 7) is 7.24. The topological polar surface area (TPSA) is 71.8 Å². The second kappa shape index (κ2) is 8.14. The monoisotopic (exact) mass is 403 g/mol. The molecule has 0 unspecified atom stereocenters. The van der Waals surface area contributed by atoms with Gasteiger partial charge in [-0.05, 0) is 45.3 Å². The quantitative estimate of drug-likeness (QED) is 0.682. The Morgan fingerprint density at radius 3 is 2.63 bits per heavy atom. The molecular formula is C23H29N7. The van der Waals surface area contributed by atoms with Crippen LogP contribution in [0.25, 0.3) is 11.4 Å². The van der Waals surface area contributed by atoms with E-state index in [1.807, 2.05) is 10.7 Å². The summed E-state index contributed by atoms with van der Waals surface area (Å²) in [5.41, 5.74) is 3.89. The summed E-state index contributed by atoms with van der Waals surface area (Å²) in [5, 5.41) is 7.78. The molecular weight excluding hydrogens is 374 g/mol. The largest absolute Gasteiger partial charge is 0.368 e. The summed E-state index contributed by atoms with van der Waals surface area (Å²) >= 11 is 0. The van der Waals surface area contributed by atoms with E-state index in [0.29, 0.717) is 0 Å². The molecule has 3 heterocycles. The molecule has 2 aliphatic rings. The van der Waals surface area contributed by atoms with Gasteiger partial charge in [-0.15, -0.1) is 0 Å². The van der Waals surface area contributed by atoms with E-state index in [2.05, 4.69) is 51.5 Å². The Labute approximate surface area is 177 Å². The molecule has 1 saturated heterocycles. The van der Waals surface area contributed by atoms with Crippen LogP contribution in [0.5, 0.6) is 0 Å². The lowest BCUT2D eigenvalue weighted by Crippen LogP contribution is -2.41. The number of fused-ring (bicyclic) bond motifs is 2. The van der Waals surface area contributed by atoms with Crippen LogP contribution < -0.4 is 5.32 Å². The van der Waals surface area contributed by atoms with Gasteiger partial charge in [0.05, 0.1) is 12.2 Å². The smallest absolute Gasteiger partial charge is 0.161 e. The van der Waals surface area contributed by atoms with Crippen LogP contribution in [-0.4, -0.2) is 55.8 Å². The molecule has 30 heavy (non-hydrogen) atoms. The summed E-state index contributed by atoms with van der Waals surface area (Å²) < 4.78 is 1.84. The van der Waals surface area contributed by atoms with E-state index >= 15 is 0 Å². The maximum Gasteiger partial charge on any atom is 0.161 e. The lowest BCUT2D eigenvalue weighted by molar-refractivity contribution is 0.162. The highest BCUT2D eigenvalue weighted by Crippen LogP contribution is 2.47. The number of aromatic nitrogens is 5. The van der Waals surface area contributed by atoms with E-state index in [1.165, 1.54) is 30.5 Å². The SMILES string of the molecule is CCN1CCC2(CCc3c(NCCn4cncn4)nc(-c4ccccc4)nc32)CC1. The minimum absolute atomic E-state index is 0.204. The van der Waals surface area contributed by atoms with E-state index in [-0.39, 0.29) is 5.41 Å². The molecule has 1 fully saturated rings. The number of hydrogen-bond donors (Lipinski definition) is 1. The van der Waals surface area contributed by atoms with Crippen molar-refractivity contribution in [2.24, 2.45) is 0 Å². The second-order valence-electron chi connectivity index (χ2n) is 8.39. The summed E-state index contributed by atoms with van der Waals surface area (Å²) in [5.74, 6) is 1.82. The number of piperidine rings is 1. The van der Waals surface area contributed by atoms with Crippen molar-refractivity contribution >= 4 is 5.82 Å². The van der Waals surface area contributed by atoms with Crippen molar-refractivity contribution in [3.63, 3.8) is 0 Å². The van der Waals surface area contributed by atoms with Gasteiger partial charge in [0.25, 0.3) is 0 Å². The van der Waals surface area contributed by atoms with E-state index in [0.717, 1.165) is 56.4 Å². The molecule has 156 valence electrons. The van der Waals surface area contributed by atoms with E-state index in [1.54, 1.807) is 12.7 Å². The number of nitrogens with one attached hydrogen (secondary N) is 1. The molecule has 1 N–H and O–H groups in total. The molecule has 0 radical (unpaired) electrons. The van der Waals surface area contributed by atoms with Gasteiger partial charge in [0, 0.05) is 23.1 Å². The Balaban J connectivity index is 1.47. The summed E-state index contributed by atoms with van der Waals surface area (Å²) in [4.78, 5) is 16.7. The van der Waals surface area contributed by atoms with Crippen molar-refractivity contribution in [1.82, 2.24) is 29.6 Å². The second-order valence-corrected chi connectivity index (χ2v) is 8.39. The van der Waals surface area contributed by atoms with Gasteiger partial charge in [0.1, 0.15) is 18.5 Å². The van der Waals surface area contributed by atoms with Gasteiger partial charge in [0.2, 0.25) is 0 Å². The van der Waals surface area contributed by atoms with Gasteiger partial charge in [-0.1, -0.05) is 37.3 Å². The molecule has 0 amide bonds. The normalized spacial score (nSPS) is 17.9. The van der Waals surface area contributed by atoms with Crippen molar-refractivity contribution in [2.75, 3.05) is 31.5 Å². The van der Waals surface area contributed by atoms with Crippen LogP contribution in [0.3, 0.4) is 0 Å². The minimum atomic E-state index is 0.204. The minimum Gasteiger partial charge on any atom is -0.368 e. The zero-order valence-electron chi connectivity index (χ0n) is 17.6. The fraction of sp³-hybridized carbons (Fsp3) is 0.478. The standard InChI is InChI=1S/C23H29N7/c1-2-29-13-10-23(11-14-29)9-8-19-20(23)27-21(18-6-4-3-5-7-18)28-22(19)25-12-15-30-17-24-16-26-30/h3-7,16-17H,2,8-15H2,1H3,(H,25,27,28). The lowest BCUT2D eigenvalue weighted by atomic mass is 9.76. The van der Waals surface area contributed by atoms with Crippen molar-refractivity contribution in [3.8, 4) is 11.4 Å². The average molecular weight is 404 g/mol. The van der Waals surface area contributed by atoms with Crippen LogP contribution in [0, 0.1) is 0 Å². The fourth-order valence-electron chi connectivity index (χ4n) is 4.93. The Morgan fingerprint density at radius 2 is 1.90 bits per heavy atom. The first kappa shape index (κ1) is 19.2. The molecule has 5 rings (SSSR count). The van der Waals surface area contributed by atoms with E-state index in [9.17, 15) is 0 Å². The Bertz CT molecular complexity index is 976. The maximum absolute atomic E-state index is 5.17. The lowest BCUT2D eigenvalue weighted by Gasteiger charge is -2.39. The molecule has 0 bridgehead atoms. The molecule has 1 spiro atoms. The Hall–Kier alpha value is -2.80. The summed E-state index contributed by atoms with van der Waals surface area (Å²) in [7, 11) is 0. The molecule has 0 atom stereocenters. The molecule has 7 nitrogen and oxygen atoms in total. The van der Waals surface area contributed by atoms with Crippen molar-refractivity contribution < 1.29 is 0 Å². The first-order valence-electron chi connectivity index (χ1n) is 11.0. The Kier molecular flexibility index (Phi) is 5.21. The predicted octanol–water partition coefficient (Wildman–Crippen LogP) is 3.15. The van der Waals surface area contributed by atoms with E-state index in [4.69, 9.17) is 9.97 Å². The van der Waals surface area contributed by atoms with Gasteiger partial charge in [-0.25, -0.2) is 15.0 Å². The number of benzene rings is 1. The van der Waals surface area contributed by atoms with E-state index < -0.39 is 0 Å². The molecule has 0 saturated carbocycles. The first-order valence-corrected chi connectivity index (χ1v) is 11.0. The first-order chi connectivity index (χ1) is 14.8. The predicted molar refractivity (Wildman–Crippen MR) is 117 cm³/mol. The zero-order chi connectivity index (χ0) is 20.4. The van der Waals surface area contributed by atoms with Gasteiger partial charge < -0.3 is 10.2 Å². The number of anilines is 1. The van der Waals surface area contributed by atoms with Crippen LogP contribution in [0.1, 0.15) is 37.4 Å². The summed E-state index contributed by atoms with van der Waals surface area (Å²) in [6.07, 6.45) is 7.95. The maximum atomic E-state index is 5.17. The van der Waals surface area contributed by atoms with Gasteiger partial charge >= 0.3 is 0 Å². The average Bonchev–Trinajstić information content (AvgIpc) is 3.44. The molecule has 1 aliphatic carbocycles. The highest BCUT2D eigenvalue weighted by atomic mass is 15.3. The third-order valence-electron chi connectivity index (χ3n) is 6.76. The number of hydrogen-bond acceptors (Lipinski definition) is 6. The van der Waals surface area contributed by atoms with Crippen LogP contribution in [0.15, 0.2) is 43.0 Å². The van der Waals surface area contributed by atoms with Crippen LogP contribution >= 0.6 is 0 Å². The van der Waals surface area contributed by atoms with Gasteiger partial charge in [0.15, 0.2) is 5.82 Å². The molecule has 3 aromatic rings. The van der Waals surface area contributed by atoms with Crippen molar-refractivity contribution in [1.29, 1.82) is 0 Å². The number of nitrogens with zero attached hydrogens (tertiary/aromatic N) is 6. The highest BCUT2D eigenvalue weighted by molar-refractivity contribution is 5.62. The third-order valence-corrected chi connectivity index (χ3v) is 6.76. The zero-order valence-corrected chi connectivity index (χ0v) is 17.6. The van der Waals surface area contributed by atoms with Crippen LogP contribution in [0.4, 0.5) is 5.82 Å². The fourth-order valence-corrected chi connectivity index (χ4v) is 4.93. The number of likely N-dealkylation sites (tertiary alicyclic amines) is 1. The van der Waals surface area contributed by atoms with Crippen LogP contribution in [0.2, 0.25) is 0 Å². The van der Waals surface area contributed by atoms with Crippen molar-refractivity contribution in [2.45, 2.75) is 44.6 Å². The van der Waals surface area contributed by atoms with Crippen LogP contribution in [-0.2, 0) is 18.4 Å². The molecule has 2 aromatic heterocycles. The molecule has 1 aliphatic heterocycles. The third kappa shape index (κ3) is 3.58. The van der Waals surface area contributed by atoms with Crippen molar-refractivity contribution in [3.05, 3.63) is 54.2 Å². The van der Waals surface area contributed by atoms with Gasteiger partial charge in [-0.2, -0.15) is 5.10 Å². The highest BCUT2D eigenvalue weighted by Gasteiger charge is 2.44. The number of rotatable bonds is 6. The summed E-state index contributed by atoms with van der Waals surface area (Å²) in [6, 6.07) is 10.3. The van der Waals surface area contributed by atoms with Gasteiger partial charge in [-0.3, -0.25) is 4.68 Å². The Morgan fingerprint density at radius 1 is 1.07 bits per heavy atom.